The maximum Gasteiger partial charge on any atom is 0.134 e. The molecule has 3 aliphatic heterocycles. The summed E-state index contributed by atoms with van der Waals surface area (Å²) in [6.07, 6.45) is 4.74. The first-order valence-electron chi connectivity index (χ1n) is 11.8. The Morgan fingerprint density at radius 1 is 0.938 bits per heavy atom. The van der Waals surface area contributed by atoms with E-state index in [-0.39, 0.29) is 0 Å². The average molecular weight is 427 g/mol. The van der Waals surface area contributed by atoms with Gasteiger partial charge in [-0.3, -0.25) is 9.80 Å². The van der Waals surface area contributed by atoms with Gasteiger partial charge in [0.15, 0.2) is 0 Å². The predicted octanol–water partition coefficient (Wildman–Crippen LogP) is 6.08. The normalized spacial score (nSPS) is 25.2. The minimum Gasteiger partial charge on any atom is -0.460 e. The molecule has 4 atom stereocenters. The molecule has 3 saturated heterocycles. The molecule has 4 unspecified atom stereocenters. The minimum absolute atomic E-state index is 0.582. The number of furan rings is 2. The first-order valence-corrected chi connectivity index (χ1v) is 11.8. The Morgan fingerprint density at radius 3 is 2.09 bits per heavy atom. The average Bonchev–Trinajstić information content (AvgIpc) is 3.42. The summed E-state index contributed by atoms with van der Waals surface area (Å²) in [5.41, 5.74) is 1.92. The molecule has 5 heterocycles. The van der Waals surface area contributed by atoms with Gasteiger partial charge in [0.05, 0.1) is 13.1 Å². The van der Waals surface area contributed by atoms with Crippen molar-refractivity contribution in [3.05, 3.63) is 84.8 Å². The third-order valence-electron chi connectivity index (χ3n) is 7.41. The van der Waals surface area contributed by atoms with E-state index < -0.39 is 0 Å². The predicted molar refractivity (Wildman–Crippen MR) is 128 cm³/mol. The van der Waals surface area contributed by atoms with E-state index in [2.05, 4.69) is 58.9 Å². The Hall–Kier alpha value is -2.82. The van der Waals surface area contributed by atoms with E-state index in [1.54, 1.807) is 0 Å². The van der Waals surface area contributed by atoms with Gasteiger partial charge in [-0.2, -0.15) is 0 Å². The van der Waals surface area contributed by atoms with Gasteiger partial charge in [-0.05, 0) is 55.5 Å². The number of nitrogens with zero attached hydrogens (tertiary/aromatic N) is 2. The van der Waals surface area contributed by atoms with E-state index in [9.17, 15) is 0 Å². The van der Waals surface area contributed by atoms with Crippen LogP contribution in [0.15, 0.2) is 82.2 Å². The topological polar surface area (TPSA) is 32.8 Å². The molecule has 2 aromatic carbocycles. The zero-order valence-electron chi connectivity index (χ0n) is 18.5. The second-order valence-corrected chi connectivity index (χ2v) is 9.50. The first kappa shape index (κ1) is 19.8. The lowest BCUT2D eigenvalue weighted by atomic mass is 9.75. The Balaban J connectivity index is 1.25. The fraction of sp³-hybridized carbons (Fsp3) is 0.357. The lowest BCUT2D eigenvalue weighted by Gasteiger charge is -2.50. The summed E-state index contributed by atoms with van der Waals surface area (Å²) in [6, 6.07) is 21.5. The van der Waals surface area contributed by atoms with Gasteiger partial charge in [-0.1, -0.05) is 42.5 Å². The second-order valence-electron chi connectivity index (χ2n) is 9.50. The number of piperidine rings is 3. The highest BCUT2D eigenvalue weighted by Crippen LogP contribution is 2.37. The highest BCUT2D eigenvalue weighted by molar-refractivity contribution is 5.78. The molecule has 4 heteroatoms. The van der Waals surface area contributed by atoms with Gasteiger partial charge in [0.2, 0.25) is 0 Å². The molecule has 7 rings (SSSR count). The summed E-state index contributed by atoms with van der Waals surface area (Å²) in [4.78, 5) is 5.18. The molecule has 4 nitrogen and oxygen atoms in total. The number of hydrogen-bond donors (Lipinski definition) is 0. The van der Waals surface area contributed by atoms with Crippen molar-refractivity contribution in [1.29, 1.82) is 0 Å². The molecule has 0 radical (unpaired) electrons. The van der Waals surface area contributed by atoms with Gasteiger partial charge >= 0.3 is 0 Å². The van der Waals surface area contributed by atoms with Crippen LogP contribution >= 0.6 is 0 Å². The van der Waals surface area contributed by atoms with Crippen molar-refractivity contribution in [2.24, 2.45) is 11.8 Å². The van der Waals surface area contributed by atoms with E-state index in [1.165, 1.54) is 30.2 Å². The molecule has 2 bridgehead atoms. The minimum atomic E-state index is 0.582. The second kappa shape index (κ2) is 8.27. The monoisotopic (exact) mass is 426 g/mol. The molecule has 4 aromatic rings. The van der Waals surface area contributed by atoms with Crippen LogP contribution < -0.4 is 0 Å². The fourth-order valence-corrected chi connectivity index (χ4v) is 5.79. The lowest BCUT2D eigenvalue weighted by Crippen LogP contribution is -2.56. The first-order chi connectivity index (χ1) is 15.7. The Morgan fingerprint density at radius 2 is 1.56 bits per heavy atom. The van der Waals surface area contributed by atoms with Crippen molar-refractivity contribution >= 4 is 21.9 Å². The van der Waals surface area contributed by atoms with E-state index in [4.69, 9.17) is 8.83 Å². The Bertz CT molecular complexity index is 1100. The molecule has 2 aromatic heterocycles. The fourth-order valence-electron chi connectivity index (χ4n) is 5.79. The molecule has 0 saturated carbocycles. The molecule has 3 aliphatic rings. The Kier molecular flexibility index (Phi) is 5.12. The third kappa shape index (κ3) is 3.78. The van der Waals surface area contributed by atoms with Crippen molar-refractivity contribution in [3.63, 3.8) is 0 Å². The van der Waals surface area contributed by atoms with Gasteiger partial charge in [0, 0.05) is 29.9 Å². The number of hydrogen-bond acceptors (Lipinski definition) is 4. The standard InChI is InChI=1S/C28H30N2O2/c1-2-20-16-30-12-11-21(20)13-24(30)17-29(18-25-14-22-7-3-5-9-27(22)31-25)19-26-15-23-8-4-6-10-28(23)32-26/h2-10,14-15,20-21,24H,1,11-13,16-19H2. The van der Waals surface area contributed by atoms with Crippen LogP contribution in [-0.2, 0) is 13.1 Å². The maximum absolute atomic E-state index is 6.18. The van der Waals surface area contributed by atoms with Gasteiger partial charge in [0.1, 0.15) is 22.7 Å². The zero-order chi connectivity index (χ0) is 21.5. The summed E-state index contributed by atoms with van der Waals surface area (Å²) < 4.78 is 12.4. The van der Waals surface area contributed by atoms with Crippen molar-refractivity contribution in [2.75, 3.05) is 19.6 Å². The van der Waals surface area contributed by atoms with Crippen molar-refractivity contribution in [1.82, 2.24) is 9.80 Å². The molecular weight excluding hydrogens is 396 g/mol. The van der Waals surface area contributed by atoms with Crippen LogP contribution in [0.3, 0.4) is 0 Å². The van der Waals surface area contributed by atoms with Crippen molar-refractivity contribution in [3.8, 4) is 0 Å². The van der Waals surface area contributed by atoms with Gasteiger partial charge in [0.25, 0.3) is 0 Å². The summed E-state index contributed by atoms with van der Waals surface area (Å²) in [7, 11) is 0. The van der Waals surface area contributed by atoms with E-state index in [0.717, 1.165) is 54.8 Å². The van der Waals surface area contributed by atoms with Crippen LogP contribution in [0.5, 0.6) is 0 Å². The van der Waals surface area contributed by atoms with E-state index in [1.807, 2.05) is 24.3 Å². The molecule has 0 N–H and O–H groups in total. The van der Waals surface area contributed by atoms with Crippen molar-refractivity contribution < 1.29 is 8.83 Å². The lowest BCUT2D eigenvalue weighted by molar-refractivity contribution is -0.00149. The van der Waals surface area contributed by atoms with E-state index in [0.29, 0.717) is 12.0 Å². The molecule has 3 fully saturated rings. The highest BCUT2D eigenvalue weighted by atomic mass is 16.3. The summed E-state index contributed by atoms with van der Waals surface area (Å²) in [6.45, 7) is 9.04. The highest BCUT2D eigenvalue weighted by Gasteiger charge is 2.39. The molecular formula is C28H30N2O2. The number of fused-ring (bicyclic) bond motifs is 5. The zero-order valence-corrected chi connectivity index (χ0v) is 18.5. The van der Waals surface area contributed by atoms with Crippen LogP contribution in [0.1, 0.15) is 24.4 Å². The molecule has 0 aliphatic carbocycles. The summed E-state index contributed by atoms with van der Waals surface area (Å²) in [5, 5.41) is 2.33. The van der Waals surface area contributed by atoms with Crippen molar-refractivity contribution in [2.45, 2.75) is 32.0 Å². The molecule has 0 amide bonds. The van der Waals surface area contributed by atoms with Gasteiger partial charge in [-0.25, -0.2) is 0 Å². The number of benzene rings is 2. The molecule has 32 heavy (non-hydrogen) atoms. The van der Waals surface area contributed by atoms with Crippen LogP contribution in [-0.4, -0.2) is 35.5 Å². The number of rotatable bonds is 7. The maximum atomic E-state index is 6.18. The molecule has 164 valence electrons. The van der Waals surface area contributed by atoms with Crippen LogP contribution in [0.25, 0.3) is 21.9 Å². The number of para-hydroxylation sites is 2. The van der Waals surface area contributed by atoms with Crippen LogP contribution in [0.2, 0.25) is 0 Å². The molecule has 0 spiro atoms. The Labute approximate surface area is 189 Å². The van der Waals surface area contributed by atoms with E-state index >= 15 is 0 Å². The van der Waals surface area contributed by atoms with Crippen LogP contribution in [0.4, 0.5) is 0 Å². The third-order valence-corrected chi connectivity index (χ3v) is 7.41. The SMILES string of the molecule is C=CC1CN2CCC1CC2CN(Cc1cc2ccccc2o1)Cc1cc2ccccc2o1. The smallest absolute Gasteiger partial charge is 0.134 e. The summed E-state index contributed by atoms with van der Waals surface area (Å²) >= 11 is 0. The van der Waals surface area contributed by atoms with Crippen LogP contribution in [0, 0.1) is 11.8 Å². The van der Waals surface area contributed by atoms with Gasteiger partial charge in [-0.15, -0.1) is 6.58 Å². The van der Waals surface area contributed by atoms with Gasteiger partial charge < -0.3 is 8.83 Å². The summed E-state index contributed by atoms with van der Waals surface area (Å²) in [5.74, 6) is 3.46. The largest absolute Gasteiger partial charge is 0.460 e. The quantitative estimate of drug-likeness (QED) is 0.335.